The van der Waals surface area contributed by atoms with E-state index in [2.05, 4.69) is 57.2 Å². The van der Waals surface area contributed by atoms with E-state index in [1.54, 1.807) is 20.1 Å². The lowest BCUT2D eigenvalue weighted by molar-refractivity contribution is -0.142. The molecule has 0 radical (unpaired) electrons. The van der Waals surface area contributed by atoms with E-state index in [1.165, 1.54) is 40.9 Å². The number of carbonyl (C=O) groups excluding carboxylic acids is 7. The number of nitrogens with zero attached hydrogens (tertiary/aromatic N) is 3. The maximum Gasteiger partial charge on any atom is 0.374 e. The van der Waals surface area contributed by atoms with E-state index in [1.807, 2.05) is 0 Å². The number of carboxylic acid groups (broad SMARTS) is 1. The minimum Gasteiger partial charge on any atom is -0.508 e. The van der Waals surface area contributed by atoms with Crippen LogP contribution in [-0.2, 0) is 44.7 Å². The second kappa shape index (κ2) is 28.6. The molecule has 1 saturated heterocycles. The largest absolute Gasteiger partial charge is 0.508 e. The van der Waals surface area contributed by atoms with Gasteiger partial charge in [-0.3, -0.25) is 28.8 Å². The number of amides is 6. The first kappa shape index (κ1) is 60.4. The van der Waals surface area contributed by atoms with Crippen LogP contribution in [0.5, 0.6) is 17.5 Å². The summed E-state index contributed by atoms with van der Waals surface area (Å²) < 4.78 is 5.05. The summed E-state index contributed by atoms with van der Waals surface area (Å²) >= 11 is 12.1. The van der Waals surface area contributed by atoms with Crippen molar-refractivity contribution >= 4 is 115 Å². The number of aliphatic hydroxyl groups is 2. The van der Waals surface area contributed by atoms with Crippen molar-refractivity contribution in [2.24, 2.45) is 0 Å². The molecule has 2 aromatic heterocycles. The van der Waals surface area contributed by atoms with Gasteiger partial charge in [0.1, 0.15) is 69.2 Å². The van der Waals surface area contributed by atoms with Gasteiger partial charge in [0, 0.05) is 24.5 Å². The van der Waals surface area contributed by atoms with Gasteiger partial charge in [0.25, 0.3) is 0 Å². The highest BCUT2D eigenvalue weighted by Crippen LogP contribution is 2.33. The van der Waals surface area contributed by atoms with Gasteiger partial charge >= 0.3 is 11.9 Å². The molecule has 414 valence electrons. The molecule has 3 aromatic rings. The third kappa shape index (κ3) is 16.8. The van der Waals surface area contributed by atoms with E-state index < -0.39 is 127 Å². The summed E-state index contributed by atoms with van der Waals surface area (Å²) in [4.78, 5) is 122. The van der Waals surface area contributed by atoms with Crippen LogP contribution >= 0.6 is 57.8 Å². The number of aromatic nitrogens is 4. The van der Waals surface area contributed by atoms with Crippen LogP contribution in [0.1, 0.15) is 72.5 Å². The fourth-order valence-electron chi connectivity index (χ4n) is 7.46. The third-order valence-corrected chi connectivity index (χ3v) is 15.0. The molecule has 0 spiro atoms. The molecule has 6 amide bonds. The molecule has 4 heterocycles. The first-order chi connectivity index (χ1) is 36.1. The number of thiocarbonyl (C=S) groups is 2. The lowest BCUT2D eigenvalue weighted by Crippen LogP contribution is -2.59. The Hall–Kier alpha value is -6.45. The highest BCUT2D eigenvalue weighted by atomic mass is 33.1. The van der Waals surface area contributed by atoms with E-state index in [-0.39, 0.29) is 69.7 Å². The number of rotatable bonds is 18. The van der Waals surface area contributed by atoms with E-state index in [0.717, 1.165) is 21.6 Å². The number of aromatic hydroxyl groups is 3. The standard InChI is InChI=1S/C44H58N12O15S5/c1-19(2)71-44(70)33-53-30(38(65)55-33)40(72)45-14-29(60)46-24(15-57)34(61)49-27-18-76-75-17-26(36(63)47-22(43(68)69)10-12-74-3)50-35(62)25(16-58)51-41(73)31-39(66)54-32(52-31)28-5-4-11-56(28)42(67)23(48-37(27)64)13-20-6-8-21(59)9-7-20/h6-9,19,22-28,57-59,65-66H,4-5,10-18H2,1-3H3,(H,45,72)(H,46,60)(H,47,63)(H,48,64)(H,49,61)(H,50,62)(H,51,73)(H,52,54)(H,53,55)(H,68,69)/t22-,23+,24+,25+,26-,27+,28?/m1/s1. The van der Waals surface area contributed by atoms with Gasteiger partial charge in [-0.05, 0) is 62.8 Å². The second-order valence-corrected chi connectivity index (χ2v) is 21.6. The number of fused-ring (bicyclic) bond motifs is 4. The molecule has 2 aliphatic rings. The lowest BCUT2D eigenvalue weighted by Gasteiger charge is -2.30. The number of phenols is 1. The first-order valence-electron chi connectivity index (χ1n) is 23.3. The molecule has 7 atom stereocenters. The highest BCUT2D eigenvalue weighted by Gasteiger charge is 2.39. The molecule has 1 unspecified atom stereocenters. The number of aliphatic carboxylic acids is 1. The average Bonchev–Trinajstić information content (AvgIpc) is 4.13. The molecular weight excluding hydrogens is 1100 g/mol. The van der Waals surface area contributed by atoms with Gasteiger partial charge in [-0.25, -0.2) is 9.59 Å². The predicted octanol–water partition coefficient (Wildman–Crippen LogP) is -2.04. The fraction of sp³-hybridized carbons (Fsp3) is 0.500. The molecule has 27 nitrogen and oxygen atoms in total. The van der Waals surface area contributed by atoms with Crippen molar-refractivity contribution in [2.75, 3.05) is 49.8 Å². The SMILES string of the molecule is CSCC[C@@H](NC(=O)[C@H]1CSSC[C@H](NC(=O)[C@H](CO)NC(=O)CNC(=S)c2[nH]c(C(=O)OC(C)C)nc2O)C(=O)N[C@@H](Cc2ccc(O)cc2)C(=O)N2CCCC2c2nc(O)c([nH]2)C(=S)N[C@@H](CO)C(=O)N1)C(=O)O. The number of hydrogen-bond donors (Lipinski definition) is 15. The van der Waals surface area contributed by atoms with E-state index in [0.29, 0.717) is 24.2 Å². The number of benzene rings is 1. The summed E-state index contributed by atoms with van der Waals surface area (Å²) in [6.07, 6.45) is 1.89. The van der Waals surface area contributed by atoms with Crippen LogP contribution in [0.15, 0.2) is 24.3 Å². The van der Waals surface area contributed by atoms with Crippen molar-refractivity contribution in [3.8, 4) is 17.5 Å². The van der Waals surface area contributed by atoms with Gasteiger partial charge < -0.3 is 87.5 Å². The predicted molar refractivity (Wildman–Crippen MR) is 284 cm³/mol. The summed E-state index contributed by atoms with van der Waals surface area (Å²) in [6, 6.07) is -4.04. The quantitative estimate of drug-likeness (QED) is 0.0371. The number of ether oxygens (including phenoxy) is 1. The maximum absolute atomic E-state index is 14.7. The number of H-pyrrole nitrogens is 2. The molecule has 15 N–H and O–H groups in total. The van der Waals surface area contributed by atoms with Gasteiger partial charge in [-0.1, -0.05) is 58.2 Å². The van der Waals surface area contributed by atoms with E-state index >= 15 is 0 Å². The Morgan fingerprint density at radius 1 is 0.921 bits per heavy atom. The van der Waals surface area contributed by atoms with Gasteiger partial charge in [-0.2, -0.15) is 21.7 Å². The summed E-state index contributed by atoms with van der Waals surface area (Å²) in [6.45, 7) is 0.845. The summed E-state index contributed by atoms with van der Waals surface area (Å²) in [5, 5.41) is 79.5. The van der Waals surface area contributed by atoms with Gasteiger partial charge in [0.15, 0.2) is 0 Å². The van der Waals surface area contributed by atoms with Crippen LogP contribution in [-0.4, -0.2) is 205 Å². The smallest absolute Gasteiger partial charge is 0.374 e. The van der Waals surface area contributed by atoms with Crippen LogP contribution in [0.4, 0.5) is 0 Å². The van der Waals surface area contributed by atoms with Crippen molar-refractivity contribution in [3.63, 3.8) is 0 Å². The molecule has 32 heteroatoms. The highest BCUT2D eigenvalue weighted by molar-refractivity contribution is 8.76. The second-order valence-electron chi connectivity index (χ2n) is 17.2. The molecular formula is C44H58N12O15S5. The number of aromatic amines is 2. The number of imidazole rings is 2. The lowest BCUT2D eigenvalue weighted by atomic mass is 10.0. The Morgan fingerprint density at radius 2 is 1.63 bits per heavy atom. The number of aliphatic hydroxyl groups excluding tert-OH is 2. The number of thioether (sulfide) groups is 1. The maximum atomic E-state index is 14.7. The van der Waals surface area contributed by atoms with E-state index in [9.17, 15) is 69.0 Å². The zero-order valence-corrected chi connectivity index (χ0v) is 45.0. The van der Waals surface area contributed by atoms with Crippen molar-refractivity contribution in [2.45, 2.75) is 87.9 Å². The number of carbonyl (C=O) groups is 8. The number of nitrogens with one attached hydrogen (secondary N) is 9. The molecule has 2 aliphatic heterocycles. The number of carboxylic acids is 1. The number of phenolic OH excluding ortho intramolecular Hbond substituents is 1. The van der Waals surface area contributed by atoms with Crippen LogP contribution < -0.4 is 37.2 Å². The summed E-state index contributed by atoms with van der Waals surface area (Å²) in [7, 11) is 1.80. The summed E-state index contributed by atoms with van der Waals surface area (Å²) in [5.41, 5.74) is 0.0908. The van der Waals surface area contributed by atoms with Crippen LogP contribution in [0.3, 0.4) is 0 Å². The zero-order chi connectivity index (χ0) is 55.8. The Balaban J connectivity index is 1.45. The Bertz CT molecular complexity index is 2620. The fourth-order valence-corrected chi connectivity index (χ4v) is 10.8. The Kier molecular flexibility index (Phi) is 22.7. The van der Waals surface area contributed by atoms with Gasteiger partial charge in [-0.15, -0.1) is 0 Å². The molecule has 0 saturated carbocycles. The first-order valence-corrected chi connectivity index (χ1v) is 28.0. The van der Waals surface area contributed by atoms with E-state index in [4.69, 9.17) is 29.2 Å². The Labute approximate surface area is 456 Å². The van der Waals surface area contributed by atoms with Crippen molar-refractivity contribution in [1.29, 1.82) is 0 Å². The molecule has 2 bridgehead atoms. The van der Waals surface area contributed by atoms with Crippen molar-refractivity contribution in [3.05, 3.63) is 52.9 Å². The molecule has 5 rings (SSSR count). The molecule has 1 aromatic carbocycles. The third-order valence-electron chi connectivity index (χ3n) is 11.3. The number of hydrogen-bond acceptors (Lipinski definition) is 21. The summed E-state index contributed by atoms with van der Waals surface area (Å²) in [5.74, 6) is -9.64. The molecule has 0 aliphatic carbocycles. The van der Waals surface area contributed by atoms with Gasteiger partial charge in [0.05, 0.1) is 31.9 Å². The monoisotopic (exact) mass is 1150 g/mol. The number of esters is 1. The molecule has 76 heavy (non-hydrogen) atoms. The van der Waals surface area contributed by atoms with Crippen LogP contribution in [0.2, 0.25) is 0 Å². The molecule has 1 fully saturated rings. The minimum absolute atomic E-state index is 0.0225. The zero-order valence-electron chi connectivity index (χ0n) is 40.9. The van der Waals surface area contributed by atoms with Crippen LogP contribution in [0.25, 0.3) is 0 Å². The normalized spacial score (nSPS) is 20.4. The van der Waals surface area contributed by atoms with Gasteiger partial charge in [0.2, 0.25) is 53.0 Å². The minimum atomic E-state index is -1.71. The van der Waals surface area contributed by atoms with Crippen LogP contribution in [0, 0.1) is 0 Å². The average molecular weight is 1160 g/mol. The van der Waals surface area contributed by atoms with Crippen molar-refractivity contribution < 1.29 is 73.7 Å². The van der Waals surface area contributed by atoms with Crippen molar-refractivity contribution in [1.82, 2.24) is 62.1 Å². The topological polar surface area (TPSA) is 412 Å². The Morgan fingerprint density at radius 3 is 2.29 bits per heavy atom.